The zero-order valence-electron chi connectivity index (χ0n) is 24.9. The highest BCUT2D eigenvalue weighted by molar-refractivity contribution is 6.04. The van der Waals surface area contributed by atoms with Crippen LogP contribution in [0.25, 0.3) is 0 Å². The van der Waals surface area contributed by atoms with Crippen LogP contribution in [0.4, 0.5) is 0 Å². The maximum absolute atomic E-state index is 13.6. The van der Waals surface area contributed by atoms with Gasteiger partial charge >= 0.3 is 23.9 Å². The Hall–Kier alpha value is -4.60. The van der Waals surface area contributed by atoms with E-state index in [-0.39, 0.29) is 38.9 Å². The van der Waals surface area contributed by atoms with Crippen molar-refractivity contribution in [2.75, 3.05) is 41.7 Å². The number of esters is 4. The predicted octanol–water partition coefficient (Wildman–Crippen LogP) is 3.51. The van der Waals surface area contributed by atoms with Crippen molar-refractivity contribution in [3.63, 3.8) is 0 Å². The Bertz CT molecular complexity index is 1560. The fourth-order valence-corrected chi connectivity index (χ4v) is 8.82. The van der Waals surface area contributed by atoms with Crippen molar-refractivity contribution in [2.24, 2.45) is 10.8 Å². The minimum Gasteiger partial charge on any atom is -0.492 e. The Kier molecular flexibility index (Phi) is 6.05. The second kappa shape index (κ2) is 9.45. The number of hydrogen-bond acceptors (Lipinski definition) is 10. The normalized spacial score (nSPS) is 26.3. The van der Waals surface area contributed by atoms with Gasteiger partial charge in [0, 0.05) is 11.1 Å². The highest BCUT2D eigenvalue weighted by Gasteiger charge is 2.73. The smallest absolute Gasteiger partial charge is 0.323 e. The first-order valence-electron chi connectivity index (χ1n) is 14.4. The molecule has 2 spiro atoms. The fourth-order valence-electron chi connectivity index (χ4n) is 8.82. The van der Waals surface area contributed by atoms with Crippen molar-refractivity contribution in [2.45, 2.75) is 36.5 Å². The van der Waals surface area contributed by atoms with Gasteiger partial charge in [-0.1, -0.05) is 36.4 Å². The Labute approximate surface area is 253 Å². The first kappa shape index (κ1) is 28.2. The van der Waals surface area contributed by atoms with E-state index in [1.54, 1.807) is 0 Å². The molecule has 0 aromatic heterocycles. The maximum Gasteiger partial charge on any atom is 0.323 e. The van der Waals surface area contributed by atoms with E-state index in [2.05, 4.69) is 0 Å². The van der Waals surface area contributed by atoms with E-state index in [0.717, 1.165) is 33.4 Å². The number of fused-ring (bicyclic) bond motifs is 8. The predicted molar refractivity (Wildman–Crippen MR) is 153 cm³/mol. The number of methoxy groups -OCH3 is 4. The molecule has 0 fully saturated rings. The molecule has 0 bridgehead atoms. The number of carbonyl (C=O) groups excluding carboxylic acids is 4. The molecule has 10 heteroatoms. The molecule has 2 atom stereocenters. The summed E-state index contributed by atoms with van der Waals surface area (Å²) in [6.07, 6.45) is -0.0457. The molecule has 2 aliphatic heterocycles. The molecule has 2 aromatic rings. The molecular weight excluding hydrogens is 568 g/mol. The molecule has 7 rings (SSSR count). The van der Waals surface area contributed by atoms with Gasteiger partial charge in [0.2, 0.25) is 0 Å². The lowest BCUT2D eigenvalue weighted by Gasteiger charge is -2.51. The SMILES string of the molecule is COC(=O)C1(C(=O)OC)CC2=C(C1)C1(COc3ccccc31)C1(COc3ccccc31)C1=C2CC(C(=O)OC)(C(=O)OC)C1. The third-order valence-corrected chi connectivity index (χ3v) is 10.7. The molecule has 228 valence electrons. The van der Waals surface area contributed by atoms with Crippen molar-refractivity contribution in [1.29, 1.82) is 0 Å². The van der Waals surface area contributed by atoms with Gasteiger partial charge in [-0.05, 0) is 60.1 Å². The summed E-state index contributed by atoms with van der Waals surface area (Å²) in [5, 5.41) is 0. The largest absolute Gasteiger partial charge is 0.492 e. The van der Waals surface area contributed by atoms with Crippen LogP contribution >= 0.6 is 0 Å². The number of rotatable bonds is 4. The summed E-state index contributed by atoms with van der Waals surface area (Å²) in [6, 6.07) is 15.4. The first-order chi connectivity index (χ1) is 21.2. The summed E-state index contributed by atoms with van der Waals surface area (Å²) >= 11 is 0. The molecule has 0 amide bonds. The summed E-state index contributed by atoms with van der Waals surface area (Å²) in [4.78, 5) is 54.4. The molecule has 2 unspecified atom stereocenters. The first-order valence-corrected chi connectivity index (χ1v) is 14.4. The van der Waals surface area contributed by atoms with E-state index in [4.69, 9.17) is 28.4 Å². The fraction of sp³-hybridized carbons (Fsp3) is 0.412. The van der Waals surface area contributed by atoms with Gasteiger partial charge in [0.15, 0.2) is 10.8 Å². The van der Waals surface area contributed by atoms with Gasteiger partial charge in [0.25, 0.3) is 0 Å². The summed E-state index contributed by atoms with van der Waals surface area (Å²) in [5.41, 5.74) is -0.469. The number of benzene rings is 2. The third-order valence-electron chi connectivity index (χ3n) is 10.7. The molecule has 44 heavy (non-hydrogen) atoms. The average molecular weight is 601 g/mol. The van der Waals surface area contributed by atoms with E-state index >= 15 is 0 Å². The molecule has 3 aliphatic carbocycles. The van der Waals surface area contributed by atoms with E-state index in [1.165, 1.54) is 28.4 Å². The number of allylic oxidation sites excluding steroid dienone is 2. The van der Waals surface area contributed by atoms with Crippen LogP contribution in [0.1, 0.15) is 36.8 Å². The van der Waals surface area contributed by atoms with Crippen LogP contribution in [0.5, 0.6) is 11.5 Å². The van der Waals surface area contributed by atoms with Gasteiger partial charge in [-0.15, -0.1) is 0 Å². The topological polar surface area (TPSA) is 124 Å². The van der Waals surface area contributed by atoms with Gasteiger partial charge in [0.05, 0.1) is 39.3 Å². The lowest BCUT2D eigenvalue weighted by molar-refractivity contribution is -0.170. The number of para-hydroxylation sites is 2. The second-order valence-corrected chi connectivity index (χ2v) is 12.1. The minimum absolute atomic E-state index is 0.00349. The Morgan fingerprint density at radius 3 is 1.23 bits per heavy atom. The molecule has 10 nitrogen and oxygen atoms in total. The summed E-state index contributed by atoms with van der Waals surface area (Å²) in [5.74, 6) is -1.52. The van der Waals surface area contributed by atoms with Gasteiger partial charge in [-0.25, -0.2) is 0 Å². The van der Waals surface area contributed by atoms with E-state index in [0.29, 0.717) is 11.5 Å². The van der Waals surface area contributed by atoms with Crippen LogP contribution in [0.15, 0.2) is 70.8 Å². The van der Waals surface area contributed by atoms with Crippen molar-refractivity contribution in [3.05, 3.63) is 82.0 Å². The standard InChI is InChI=1S/C34H32O10/c1-39-27(35)31(28(36)40-2)13-19-20-14-32(29(37)41-3,30(38)42-4)16-24(20)34(18-44-26-12-8-6-10-22(26)34)33(23(19)15-31)17-43-25-11-7-5-9-21(25)33/h5-12H,13-18H2,1-4H3. The Morgan fingerprint density at radius 1 is 0.545 bits per heavy atom. The highest BCUT2D eigenvalue weighted by Crippen LogP contribution is 2.72. The van der Waals surface area contributed by atoms with Gasteiger partial charge in [0.1, 0.15) is 24.7 Å². The van der Waals surface area contributed by atoms with Crippen molar-refractivity contribution < 1.29 is 47.6 Å². The van der Waals surface area contributed by atoms with Crippen molar-refractivity contribution >= 4 is 23.9 Å². The zero-order valence-corrected chi connectivity index (χ0v) is 24.9. The van der Waals surface area contributed by atoms with Crippen LogP contribution in [0.3, 0.4) is 0 Å². The summed E-state index contributed by atoms with van der Waals surface area (Å²) in [7, 11) is 4.99. The quantitative estimate of drug-likeness (QED) is 0.293. The molecule has 2 aromatic carbocycles. The molecule has 5 aliphatic rings. The number of ether oxygens (including phenoxy) is 6. The van der Waals surface area contributed by atoms with E-state index < -0.39 is 45.5 Å². The maximum atomic E-state index is 13.6. The van der Waals surface area contributed by atoms with E-state index in [1.807, 2.05) is 48.5 Å². The third kappa shape index (κ3) is 3.10. The zero-order chi connectivity index (χ0) is 31.1. The molecule has 0 radical (unpaired) electrons. The van der Waals surface area contributed by atoms with Crippen LogP contribution in [0, 0.1) is 10.8 Å². The highest BCUT2D eigenvalue weighted by atomic mass is 16.6. The Morgan fingerprint density at radius 2 is 0.886 bits per heavy atom. The second-order valence-electron chi connectivity index (χ2n) is 12.1. The van der Waals surface area contributed by atoms with Crippen LogP contribution in [-0.2, 0) is 49.0 Å². The molecule has 0 N–H and O–H groups in total. The molecule has 0 saturated carbocycles. The van der Waals surface area contributed by atoms with Gasteiger partial charge in [-0.3, -0.25) is 19.2 Å². The number of carbonyl (C=O) groups is 4. The van der Waals surface area contributed by atoms with Crippen LogP contribution in [0.2, 0.25) is 0 Å². The van der Waals surface area contributed by atoms with Crippen molar-refractivity contribution in [3.8, 4) is 11.5 Å². The number of hydrogen-bond donors (Lipinski definition) is 0. The summed E-state index contributed by atoms with van der Waals surface area (Å²) in [6.45, 7) is 0.364. The molecule has 2 heterocycles. The van der Waals surface area contributed by atoms with Crippen LogP contribution < -0.4 is 9.47 Å². The van der Waals surface area contributed by atoms with Crippen LogP contribution in [-0.4, -0.2) is 65.5 Å². The van der Waals surface area contributed by atoms with Gasteiger partial charge < -0.3 is 28.4 Å². The molecular formula is C34H32O10. The van der Waals surface area contributed by atoms with Crippen molar-refractivity contribution in [1.82, 2.24) is 0 Å². The Balaban J connectivity index is 1.58. The van der Waals surface area contributed by atoms with E-state index in [9.17, 15) is 19.2 Å². The molecule has 0 saturated heterocycles. The lowest BCUT2D eigenvalue weighted by atomic mass is 9.49. The van der Waals surface area contributed by atoms with Gasteiger partial charge in [-0.2, -0.15) is 0 Å². The average Bonchev–Trinajstić information content (AvgIpc) is 3.84. The monoisotopic (exact) mass is 600 g/mol. The lowest BCUT2D eigenvalue weighted by Crippen LogP contribution is -2.56. The summed E-state index contributed by atoms with van der Waals surface area (Å²) < 4.78 is 33.9. The minimum atomic E-state index is -1.68.